The molecule has 0 aromatic carbocycles. The molecule has 0 amide bonds. The van der Waals surface area contributed by atoms with Crippen LogP contribution in [0.25, 0.3) is 0 Å². The van der Waals surface area contributed by atoms with E-state index in [9.17, 15) is 4.79 Å². The maximum absolute atomic E-state index is 12.4. The highest BCUT2D eigenvalue weighted by molar-refractivity contribution is 5.73. The third kappa shape index (κ3) is 4.81. The van der Waals surface area contributed by atoms with Gasteiger partial charge < -0.3 is 4.74 Å². The molecule has 0 aromatic heterocycles. The fraction of sp³-hybridized carbons (Fsp3) is 0.941. The summed E-state index contributed by atoms with van der Waals surface area (Å²) in [5.41, 5.74) is 0.293. The number of esters is 1. The number of rotatable bonds is 9. The van der Waals surface area contributed by atoms with Crippen molar-refractivity contribution in [3.05, 3.63) is 0 Å². The van der Waals surface area contributed by atoms with Crippen LogP contribution in [0.2, 0.25) is 0 Å². The monoisotopic (exact) mass is 270 g/mol. The third-order valence-corrected chi connectivity index (χ3v) is 5.43. The van der Waals surface area contributed by atoms with E-state index in [1.54, 1.807) is 0 Å². The molecule has 0 saturated heterocycles. The summed E-state index contributed by atoms with van der Waals surface area (Å²) in [5, 5.41) is 0. The van der Waals surface area contributed by atoms with Crippen molar-refractivity contribution in [1.29, 1.82) is 0 Å². The number of carbonyl (C=O) groups is 1. The van der Waals surface area contributed by atoms with Gasteiger partial charge in [0.1, 0.15) is 0 Å². The fourth-order valence-corrected chi connectivity index (χ4v) is 2.63. The van der Waals surface area contributed by atoms with E-state index < -0.39 is 0 Å². The van der Waals surface area contributed by atoms with E-state index in [1.807, 2.05) is 6.92 Å². The molecule has 0 spiro atoms. The first-order valence-corrected chi connectivity index (χ1v) is 7.99. The van der Waals surface area contributed by atoms with Crippen LogP contribution in [0.4, 0.5) is 0 Å². The Bertz CT molecular complexity index is 262. The van der Waals surface area contributed by atoms with Crippen molar-refractivity contribution in [2.24, 2.45) is 16.7 Å². The van der Waals surface area contributed by atoms with Crippen molar-refractivity contribution in [3.8, 4) is 0 Å². The molecule has 0 radical (unpaired) electrons. The minimum absolute atomic E-state index is 0.00169. The van der Waals surface area contributed by atoms with E-state index in [1.165, 1.54) is 0 Å². The lowest BCUT2D eigenvalue weighted by molar-refractivity contribution is -0.155. The van der Waals surface area contributed by atoms with E-state index in [0.717, 1.165) is 32.1 Å². The molecule has 2 heteroatoms. The summed E-state index contributed by atoms with van der Waals surface area (Å²) in [4.78, 5) is 12.4. The molecule has 0 N–H and O–H groups in total. The van der Waals surface area contributed by atoms with Crippen molar-refractivity contribution < 1.29 is 9.53 Å². The van der Waals surface area contributed by atoms with Crippen molar-refractivity contribution in [3.63, 3.8) is 0 Å². The van der Waals surface area contributed by atoms with Crippen LogP contribution in [0, 0.1) is 16.7 Å². The standard InChI is InChI=1S/C17H34O2/c1-8-16(6,9-2)13-14(15(18)19-12-5)17(7,10-3)11-4/h14H,8-13H2,1-7H3. The lowest BCUT2D eigenvalue weighted by Crippen LogP contribution is -2.37. The van der Waals surface area contributed by atoms with Crippen LogP contribution < -0.4 is 0 Å². The first kappa shape index (κ1) is 18.5. The van der Waals surface area contributed by atoms with Gasteiger partial charge in [-0.2, -0.15) is 0 Å². The van der Waals surface area contributed by atoms with Gasteiger partial charge >= 0.3 is 5.97 Å². The molecule has 0 heterocycles. The van der Waals surface area contributed by atoms with Crippen LogP contribution in [-0.2, 0) is 9.53 Å². The maximum Gasteiger partial charge on any atom is 0.309 e. The molecular formula is C17H34O2. The molecule has 0 rings (SSSR count). The van der Waals surface area contributed by atoms with Gasteiger partial charge in [-0.3, -0.25) is 4.79 Å². The molecule has 0 fully saturated rings. The first-order chi connectivity index (χ1) is 8.82. The molecule has 0 saturated carbocycles. The Morgan fingerprint density at radius 3 is 1.74 bits per heavy atom. The average Bonchev–Trinajstić information content (AvgIpc) is 2.43. The van der Waals surface area contributed by atoms with Crippen molar-refractivity contribution >= 4 is 5.97 Å². The third-order valence-electron chi connectivity index (χ3n) is 5.43. The molecule has 2 nitrogen and oxygen atoms in total. The van der Waals surface area contributed by atoms with Crippen LogP contribution in [0.5, 0.6) is 0 Å². The van der Waals surface area contributed by atoms with Gasteiger partial charge in [0.05, 0.1) is 12.5 Å². The average molecular weight is 270 g/mol. The zero-order valence-corrected chi connectivity index (χ0v) is 14.1. The van der Waals surface area contributed by atoms with Crippen molar-refractivity contribution in [2.75, 3.05) is 6.61 Å². The fourth-order valence-electron chi connectivity index (χ4n) is 2.63. The Labute approximate surface area is 120 Å². The van der Waals surface area contributed by atoms with Crippen LogP contribution in [0.15, 0.2) is 0 Å². The summed E-state index contributed by atoms with van der Waals surface area (Å²) in [6.45, 7) is 15.7. The lowest BCUT2D eigenvalue weighted by atomic mass is 9.65. The predicted octanol–water partition coefficient (Wildman–Crippen LogP) is 5.21. The van der Waals surface area contributed by atoms with Gasteiger partial charge in [0.15, 0.2) is 0 Å². The summed E-state index contributed by atoms with van der Waals surface area (Å²) in [7, 11) is 0. The number of hydrogen-bond donors (Lipinski definition) is 0. The second kappa shape index (κ2) is 7.91. The highest BCUT2D eigenvalue weighted by atomic mass is 16.5. The predicted molar refractivity (Wildman–Crippen MR) is 82.1 cm³/mol. The van der Waals surface area contributed by atoms with Crippen LogP contribution in [0.1, 0.15) is 80.6 Å². The molecule has 0 bridgehead atoms. The van der Waals surface area contributed by atoms with Gasteiger partial charge in [0, 0.05) is 0 Å². The van der Waals surface area contributed by atoms with Crippen molar-refractivity contribution in [1.82, 2.24) is 0 Å². The summed E-state index contributed by atoms with van der Waals surface area (Å²) >= 11 is 0. The molecule has 0 aliphatic rings. The van der Waals surface area contributed by atoms with Gasteiger partial charge in [-0.25, -0.2) is 0 Å². The largest absolute Gasteiger partial charge is 0.466 e. The number of carbonyl (C=O) groups excluding carboxylic acids is 1. The maximum atomic E-state index is 12.4. The second-order valence-electron chi connectivity index (χ2n) is 6.39. The first-order valence-electron chi connectivity index (χ1n) is 7.99. The quantitative estimate of drug-likeness (QED) is 0.538. The van der Waals surface area contributed by atoms with Crippen LogP contribution in [-0.4, -0.2) is 12.6 Å². The summed E-state index contributed by atoms with van der Waals surface area (Å²) in [6.07, 6.45) is 5.22. The summed E-state index contributed by atoms with van der Waals surface area (Å²) < 4.78 is 5.35. The normalized spacial score (nSPS) is 14.3. The second-order valence-corrected chi connectivity index (χ2v) is 6.39. The Balaban J connectivity index is 5.23. The summed E-state index contributed by atoms with van der Waals surface area (Å²) in [6, 6.07) is 0. The Morgan fingerprint density at radius 2 is 1.42 bits per heavy atom. The van der Waals surface area contributed by atoms with E-state index in [0.29, 0.717) is 6.61 Å². The highest BCUT2D eigenvalue weighted by Crippen LogP contribution is 2.44. The van der Waals surface area contributed by atoms with Crippen LogP contribution in [0.3, 0.4) is 0 Å². The van der Waals surface area contributed by atoms with E-state index in [-0.39, 0.29) is 22.7 Å². The Hall–Kier alpha value is -0.530. The van der Waals surface area contributed by atoms with Gasteiger partial charge in [0.25, 0.3) is 0 Å². The lowest BCUT2D eigenvalue weighted by Gasteiger charge is -2.40. The van der Waals surface area contributed by atoms with Gasteiger partial charge in [-0.05, 0) is 37.0 Å². The minimum Gasteiger partial charge on any atom is -0.466 e. The molecule has 0 aliphatic heterocycles. The highest BCUT2D eigenvalue weighted by Gasteiger charge is 2.41. The molecule has 114 valence electrons. The molecular weight excluding hydrogens is 236 g/mol. The zero-order valence-electron chi connectivity index (χ0n) is 14.1. The van der Waals surface area contributed by atoms with E-state index in [2.05, 4.69) is 41.5 Å². The molecule has 0 aromatic rings. The Morgan fingerprint density at radius 1 is 0.947 bits per heavy atom. The van der Waals surface area contributed by atoms with E-state index in [4.69, 9.17) is 4.74 Å². The molecule has 0 aliphatic carbocycles. The zero-order chi connectivity index (χ0) is 15.1. The smallest absolute Gasteiger partial charge is 0.309 e. The number of hydrogen-bond acceptors (Lipinski definition) is 2. The molecule has 1 atom stereocenters. The van der Waals surface area contributed by atoms with Gasteiger partial charge in [-0.1, -0.05) is 54.4 Å². The minimum atomic E-state index is 0.00169. The topological polar surface area (TPSA) is 26.3 Å². The molecule has 1 unspecified atom stereocenters. The Kier molecular flexibility index (Phi) is 7.69. The molecule has 19 heavy (non-hydrogen) atoms. The number of ether oxygens (including phenoxy) is 1. The van der Waals surface area contributed by atoms with Crippen molar-refractivity contribution in [2.45, 2.75) is 80.6 Å². The van der Waals surface area contributed by atoms with Gasteiger partial charge in [0.2, 0.25) is 0 Å². The van der Waals surface area contributed by atoms with Gasteiger partial charge in [-0.15, -0.1) is 0 Å². The SMILES string of the molecule is CCOC(=O)C(CC(C)(CC)CC)C(C)(CC)CC. The van der Waals surface area contributed by atoms with E-state index >= 15 is 0 Å². The summed E-state index contributed by atoms with van der Waals surface area (Å²) in [5.74, 6) is 0.0224. The van der Waals surface area contributed by atoms with Crippen LogP contribution >= 0.6 is 0 Å².